The first-order valence-corrected chi connectivity index (χ1v) is 5.74. The molecule has 20 heavy (non-hydrogen) atoms. The van der Waals surface area contributed by atoms with Crippen molar-refractivity contribution in [2.75, 3.05) is 7.11 Å². The van der Waals surface area contributed by atoms with E-state index < -0.39 is 5.97 Å². The van der Waals surface area contributed by atoms with Crippen LogP contribution in [0.5, 0.6) is 17.2 Å². The van der Waals surface area contributed by atoms with E-state index in [9.17, 15) is 9.90 Å². The molecule has 100 valence electrons. The topological polar surface area (TPSA) is 79.6 Å². The number of rotatable bonds is 4. The van der Waals surface area contributed by atoms with Crippen molar-refractivity contribution in [3.8, 4) is 23.3 Å². The molecule has 1 N–H and O–H groups in total. The average molecular weight is 269 g/mol. The van der Waals surface area contributed by atoms with Crippen LogP contribution in [0.3, 0.4) is 0 Å². The molecule has 0 bridgehead atoms. The van der Waals surface area contributed by atoms with Crippen LogP contribution in [0.2, 0.25) is 0 Å². The summed E-state index contributed by atoms with van der Waals surface area (Å²) in [5, 5.41) is 18.2. The highest BCUT2D eigenvalue weighted by Crippen LogP contribution is 2.36. The first kappa shape index (κ1) is 13.4. The standard InChI is InChI=1S/C15H11NO4/c1-19-13-8-4-6-11(15(17)18)14(13)20-12-7-3-2-5-10(12)9-16/h2-8H,1H3,(H,17,18). The van der Waals surface area contributed by atoms with Gasteiger partial charge in [0.25, 0.3) is 0 Å². The molecule has 0 atom stereocenters. The van der Waals surface area contributed by atoms with Gasteiger partial charge in [-0.15, -0.1) is 0 Å². The van der Waals surface area contributed by atoms with Crippen molar-refractivity contribution >= 4 is 5.97 Å². The van der Waals surface area contributed by atoms with Crippen LogP contribution in [-0.2, 0) is 0 Å². The molecule has 0 fully saturated rings. The second-order valence-electron chi connectivity index (χ2n) is 3.85. The Kier molecular flexibility index (Phi) is 3.87. The van der Waals surface area contributed by atoms with E-state index in [1.165, 1.54) is 13.2 Å². The zero-order valence-corrected chi connectivity index (χ0v) is 10.7. The second-order valence-corrected chi connectivity index (χ2v) is 3.85. The molecule has 0 unspecified atom stereocenters. The zero-order chi connectivity index (χ0) is 14.5. The number of benzene rings is 2. The fourth-order valence-corrected chi connectivity index (χ4v) is 1.71. The Labute approximate surface area is 115 Å². The van der Waals surface area contributed by atoms with Gasteiger partial charge < -0.3 is 14.6 Å². The average Bonchev–Trinajstić information content (AvgIpc) is 2.47. The zero-order valence-electron chi connectivity index (χ0n) is 10.7. The number of aromatic carboxylic acids is 1. The van der Waals surface area contributed by atoms with Crippen LogP contribution in [0.15, 0.2) is 42.5 Å². The summed E-state index contributed by atoms with van der Waals surface area (Å²) < 4.78 is 10.7. The Balaban J connectivity index is 2.53. The Morgan fingerprint density at radius 1 is 1.15 bits per heavy atom. The van der Waals surface area contributed by atoms with Crippen molar-refractivity contribution in [2.45, 2.75) is 0 Å². The smallest absolute Gasteiger partial charge is 0.339 e. The van der Waals surface area contributed by atoms with Crippen LogP contribution in [0.1, 0.15) is 15.9 Å². The van der Waals surface area contributed by atoms with Crippen LogP contribution in [0, 0.1) is 11.3 Å². The first-order valence-electron chi connectivity index (χ1n) is 5.74. The summed E-state index contributed by atoms with van der Waals surface area (Å²) in [5.41, 5.74) is 0.284. The van der Waals surface area contributed by atoms with Crippen molar-refractivity contribution in [3.05, 3.63) is 53.6 Å². The van der Waals surface area contributed by atoms with E-state index in [0.717, 1.165) is 0 Å². The quantitative estimate of drug-likeness (QED) is 0.922. The summed E-state index contributed by atoms with van der Waals surface area (Å²) in [7, 11) is 1.42. The van der Waals surface area contributed by atoms with Crippen molar-refractivity contribution in [3.63, 3.8) is 0 Å². The lowest BCUT2D eigenvalue weighted by atomic mass is 10.1. The normalized spacial score (nSPS) is 9.60. The van der Waals surface area contributed by atoms with E-state index >= 15 is 0 Å². The maximum atomic E-state index is 11.2. The van der Waals surface area contributed by atoms with Crippen LogP contribution < -0.4 is 9.47 Å². The number of methoxy groups -OCH3 is 1. The third-order valence-corrected chi connectivity index (χ3v) is 2.65. The lowest BCUT2D eigenvalue weighted by Gasteiger charge is -2.13. The molecule has 2 rings (SSSR count). The minimum Gasteiger partial charge on any atom is -0.493 e. The lowest BCUT2D eigenvalue weighted by molar-refractivity contribution is 0.0693. The van der Waals surface area contributed by atoms with E-state index in [4.69, 9.17) is 14.7 Å². The van der Waals surface area contributed by atoms with Crippen molar-refractivity contribution in [2.24, 2.45) is 0 Å². The summed E-state index contributed by atoms with van der Waals surface area (Å²) in [5.74, 6) is -0.488. The Morgan fingerprint density at radius 2 is 1.85 bits per heavy atom. The van der Waals surface area contributed by atoms with Crippen molar-refractivity contribution in [1.29, 1.82) is 5.26 Å². The van der Waals surface area contributed by atoms with Gasteiger partial charge in [0.05, 0.1) is 12.7 Å². The maximum absolute atomic E-state index is 11.2. The van der Waals surface area contributed by atoms with Gasteiger partial charge in [-0.2, -0.15) is 5.26 Å². The molecule has 0 aliphatic rings. The molecule has 0 heterocycles. The molecule has 0 amide bonds. The minimum atomic E-state index is -1.13. The maximum Gasteiger partial charge on any atom is 0.339 e. The van der Waals surface area contributed by atoms with Crippen molar-refractivity contribution in [1.82, 2.24) is 0 Å². The highest BCUT2D eigenvalue weighted by molar-refractivity contribution is 5.92. The number of carboxylic acid groups (broad SMARTS) is 1. The number of hydrogen-bond acceptors (Lipinski definition) is 4. The number of ether oxygens (including phenoxy) is 2. The Hall–Kier alpha value is -3.00. The minimum absolute atomic E-state index is 0.0305. The van der Waals surface area contributed by atoms with Gasteiger partial charge in [-0.05, 0) is 24.3 Å². The lowest BCUT2D eigenvalue weighted by Crippen LogP contribution is -2.02. The van der Waals surface area contributed by atoms with E-state index in [2.05, 4.69) is 0 Å². The predicted octanol–water partition coefficient (Wildman–Crippen LogP) is 3.06. The summed E-state index contributed by atoms with van der Waals surface area (Å²) >= 11 is 0. The number of hydrogen-bond donors (Lipinski definition) is 1. The highest BCUT2D eigenvalue weighted by Gasteiger charge is 2.18. The molecule has 0 radical (unpaired) electrons. The molecule has 2 aromatic rings. The summed E-state index contributed by atoms with van der Waals surface area (Å²) in [6.45, 7) is 0. The Morgan fingerprint density at radius 3 is 2.50 bits per heavy atom. The van der Waals surface area contributed by atoms with Gasteiger partial charge >= 0.3 is 5.97 Å². The van der Waals surface area contributed by atoms with Crippen molar-refractivity contribution < 1.29 is 19.4 Å². The summed E-state index contributed by atoms with van der Waals surface area (Å²) in [4.78, 5) is 11.2. The van der Waals surface area contributed by atoms with E-state index in [-0.39, 0.29) is 22.8 Å². The third kappa shape index (κ3) is 2.54. The highest BCUT2D eigenvalue weighted by atomic mass is 16.5. The van der Waals surface area contributed by atoms with Gasteiger partial charge in [0, 0.05) is 0 Å². The van der Waals surface area contributed by atoms with E-state index in [1.54, 1.807) is 36.4 Å². The van der Waals surface area contributed by atoms with Crippen LogP contribution in [0.25, 0.3) is 0 Å². The SMILES string of the molecule is COc1cccc(C(=O)O)c1Oc1ccccc1C#N. The molecular weight excluding hydrogens is 258 g/mol. The molecule has 0 aliphatic heterocycles. The molecule has 0 saturated carbocycles. The second kappa shape index (κ2) is 5.76. The van der Waals surface area contributed by atoms with Gasteiger partial charge in [0.2, 0.25) is 0 Å². The summed E-state index contributed by atoms with van der Waals surface area (Å²) in [6, 6.07) is 13.1. The molecule has 0 aromatic heterocycles. The first-order chi connectivity index (χ1) is 9.67. The van der Waals surface area contributed by atoms with E-state index in [0.29, 0.717) is 5.56 Å². The fourth-order valence-electron chi connectivity index (χ4n) is 1.71. The molecule has 5 heteroatoms. The summed E-state index contributed by atoms with van der Waals surface area (Å²) in [6.07, 6.45) is 0. The number of carbonyl (C=O) groups is 1. The molecule has 2 aromatic carbocycles. The molecular formula is C15H11NO4. The Bertz CT molecular complexity index is 689. The monoisotopic (exact) mass is 269 g/mol. The van der Waals surface area contributed by atoms with E-state index in [1.807, 2.05) is 6.07 Å². The molecule has 5 nitrogen and oxygen atoms in total. The van der Waals surface area contributed by atoms with Crippen LogP contribution >= 0.6 is 0 Å². The third-order valence-electron chi connectivity index (χ3n) is 2.65. The van der Waals surface area contributed by atoms with Crippen LogP contribution in [0.4, 0.5) is 0 Å². The van der Waals surface area contributed by atoms with Gasteiger partial charge in [-0.25, -0.2) is 4.79 Å². The number of nitrogens with zero attached hydrogens (tertiary/aromatic N) is 1. The van der Waals surface area contributed by atoms with Crippen LogP contribution in [-0.4, -0.2) is 18.2 Å². The number of para-hydroxylation sites is 2. The molecule has 0 spiro atoms. The van der Waals surface area contributed by atoms with Gasteiger partial charge in [0.1, 0.15) is 17.4 Å². The largest absolute Gasteiger partial charge is 0.493 e. The number of carboxylic acids is 1. The van der Waals surface area contributed by atoms with Gasteiger partial charge in [0.15, 0.2) is 11.5 Å². The van der Waals surface area contributed by atoms with Gasteiger partial charge in [-0.3, -0.25) is 0 Å². The number of nitriles is 1. The molecule has 0 aliphatic carbocycles. The predicted molar refractivity (Wildman–Crippen MR) is 71.2 cm³/mol. The fraction of sp³-hybridized carbons (Fsp3) is 0.0667. The van der Waals surface area contributed by atoms with Gasteiger partial charge in [-0.1, -0.05) is 18.2 Å². The molecule has 0 saturated heterocycles.